The third-order valence-corrected chi connectivity index (χ3v) is 3.66. The summed E-state index contributed by atoms with van der Waals surface area (Å²) in [7, 11) is -0.760. The SMILES string of the molecule is CC1(C)OB(c2ccc(N)nc2C(=O)O)OC1(C)C. The average molecular weight is 264 g/mol. The highest BCUT2D eigenvalue weighted by Crippen LogP contribution is 2.36. The second-order valence-electron chi connectivity index (χ2n) is 5.57. The average Bonchev–Trinajstić information content (AvgIpc) is 2.47. The molecule has 1 aromatic rings. The van der Waals surface area contributed by atoms with E-state index >= 15 is 0 Å². The first-order valence-electron chi connectivity index (χ1n) is 5.99. The molecule has 0 unspecified atom stereocenters. The molecule has 19 heavy (non-hydrogen) atoms. The van der Waals surface area contributed by atoms with E-state index in [-0.39, 0.29) is 11.5 Å². The first kappa shape index (κ1) is 13.8. The van der Waals surface area contributed by atoms with E-state index in [2.05, 4.69) is 4.98 Å². The number of aromatic carboxylic acids is 1. The number of pyridine rings is 1. The van der Waals surface area contributed by atoms with E-state index in [0.717, 1.165) is 0 Å². The van der Waals surface area contributed by atoms with Gasteiger partial charge in [-0.25, -0.2) is 9.78 Å². The van der Waals surface area contributed by atoms with Gasteiger partial charge in [0.25, 0.3) is 0 Å². The van der Waals surface area contributed by atoms with Crippen molar-refractivity contribution in [2.75, 3.05) is 5.73 Å². The van der Waals surface area contributed by atoms with Crippen LogP contribution in [0.5, 0.6) is 0 Å². The summed E-state index contributed by atoms with van der Waals surface area (Å²) in [4.78, 5) is 15.1. The Bertz CT molecular complexity index is 514. The molecule has 0 atom stereocenters. The van der Waals surface area contributed by atoms with Crippen LogP contribution >= 0.6 is 0 Å². The van der Waals surface area contributed by atoms with Gasteiger partial charge >= 0.3 is 13.1 Å². The van der Waals surface area contributed by atoms with E-state index < -0.39 is 24.3 Å². The van der Waals surface area contributed by atoms with Crippen molar-refractivity contribution in [3.8, 4) is 0 Å². The minimum atomic E-state index is -1.16. The van der Waals surface area contributed by atoms with Crippen molar-refractivity contribution in [1.29, 1.82) is 0 Å². The molecule has 2 rings (SSSR count). The first-order chi connectivity index (χ1) is 8.64. The fraction of sp³-hybridized carbons (Fsp3) is 0.500. The molecule has 0 saturated carbocycles. The molecule has 0 bridgehead atoms. The minimum Gasteiger partial charge on any atom is -0.477 e. The maximum Gasteiger partial charge on any atom is 0.497 e. The van der Waals surface area contributed by atoms with E-state index in [1.54, 1.807) is 6.07 Å². The number of nitrogens with two attached hydrogens (primary N) is 1. The first-order valence-corrected chi connectivity index (χ1v) is 5.99. The van der Waals surface area contributed by atoms with Crippen LogP contribution in [0.15, 0.2) is 12.1 Å². The zero-order valence-electron chi connectivity index (χ0n) is 11.4. The van der Waals surface area contributed by atoms with Crippen LogP contribution in [0.3, 0.4) is 0 Å². The minimum absolute atomic E-state index is 0.140. The molecule has 7 heteroatoms. The molecule has 1 aromatic heterocycles. The summed E-state index contributed by atoms with van der Waals surface area (Å²) in [6, 6.07) is 3.11. The van der Waals surface area contributed by atoms with Crippen LogP contribution in [0, 0.1) is 0 Å². The lowest BCUT2D eigenvalue weighted by atomic mass is 9.77. The molecule has 1 saturated heterocycles. The summed E-state index contributed by atoms with van der Waals surface area (Å²) < 4.78 is 11.6. The highest BCUT2D eigenvalue weighted by molar-refractivity contribution is 6.63. The van der Waals surface area contributed by atoms with E-state index in [9.17, 15) is 9.90 Å². The normalized spacial score (nSPS) is 20.5. The second kappa shape index (κ2) is 4.21. The number of hydrogen-bond donors (Lipinski definition) is 2. The third-order valence-electron chi connectivity index (χ3n) is 3.66. The van der Waals surface area contributed by atoms with E-state index in [0.29, 0.717) is 5.46 Å². The van der Waals surface area contributed by atoms with Gasteiger partial charge in [0, 0.05) is 5.46 Å². The molecule has 0 spiro atoms. The van der Waals surface area contributed by atoms with Crippen molar-refractivity contribution in [3.63, 3.8) is 0 Å². The van der Waals surface area contributed by atoms with Gasteiger partial charge in [0.2, 0.25) is 0 Å². The molecule has 2 heterocycles. The zero-order valence-corrected chi connectivity index (χ0v) is 11.4. The van der Waals surface area contributed by atoms with E-state index in [1.165, 1.54) is 6.07 Å². The molecule has 0 radical (unpaired) electrons. The Kier molecular flexibility index (Phi) is 3.06. The summed E-state index contributed by atoms with van der Waals surface area (Å²) in [5, 5.41) is 9.18. The summed E-state index contributed by atoms with van der Waals surface area (Å²) >= 11 is 0. The Morgan fingerprint density at radius 2 is 1.79 bits per heavy atom. The maximum absolute atomic E-state index is 11.2. The molecule has 0 amide bonds. The Morgan fingerprint density at radius 3 is 2.26 bits per heavy atom. The quantitative estimate of drug-likeness (QED) is 0.762. The number of nitrogens with zero attached hydrogens (tertiary/aromatic N) is 1. The van der Waals surface area contributed by atoms with Crippen molar-refractivity contribution >= 4 is 24.4 Å². The topological polar surface area (TPSA) is 94.7 Å². The number of carboxylic acid groups (broad SMARTS) is 1. The second-order valence-corrected chi connectivity index (χ2v) is 5.57. The van der Waals surface area contributed by atoms with Gasteiger partial charge in [0.15, 0.2) is 0 Å². The Morgan fingerprint density at radius 1 is 1.26 bits per heavy atom. The van der Waals surface area contributed by atoms with Crippen molar-refractivity contribution in [2.45, 2.75) is 38.9 Å². The number of hydrogen-bond acceptors (Lipinski definition) is 5. The predicted octanol–water partition coefficient (Wildman–Crippen LogP) is 0.661. The van der Waals surface area contributed by atoms with E-state index in [1.807, 2.05) is 27.7 Å². The monoisotopic (exact) mass is 264 g/mol. The van der Waals surface area contributed by atoms with Gasteiger partial charge < -0.3 is 20.1 Å². The van der Waals surface area contributed by atoms with Gasteiger partial charge in [-0.2, -0.15) is 0 Å². The number of rotatable bonds is 2. The molecular weight excluding hydrogens is 247 g/mol. The molecular formula is C12H17BN2O4. The molecule has 0 aromatic carbocycles. The van der Waals surface area contributed by atoms with Crippen LogP contribution in [0.25, 0.3) is 0 Å². The fourth-order valence-corrected chi connectivity index (χ4v) is 1.82. The summed E-state index contributed by atoms with van der Waals surface area (Å²) in [5.41, 5.74) is 4.68. The molecule has 3 N–H and O–H groups in total. The lowest BCUT2D eigenvalue weighted by Gasteiger charge is -2.32. The maximum atomic E-state index is 11.2. The summed E-state index contributed by atoms with van der Waals surface area (Å²) in [6.07, 6.45) is 0. The van der Waals surface area contributed by atoms with Gasteiger partial charge in [-0.1, -0.05) is 6.07 Å². The van der Waals surface area contributed by atoms with Crippen LogP contribution in [0.1, 0.15) is 38.2 Å². The van der Waals surface area contributed by atoms with Gasteiger partial charge in [0.1, 0.15) is 11.5 Å². The molecule has 1 fully saturated rings. The van der Waals surface area contributed by atoms with Crippen LogP contribution in [0.2, 0.25) is 0 Å². The van der Waals surface area contributed by atoms with Crippen molar-refractivity contribution in [3.05, 3.63) is 17.8 Å². The standard InChI is InChI=1S/C12H17BN2O4/c1-11(2)12(3,4)19-13(18-11)7-5-6-8(14)15-9(7)10(16)17/h5-6H,1-4H3,(H2,14,15)(H,16,17). The zero-order chi connectivity index (χ0) is 14.4. The molecule has 6 nitrogen and oxygen atoms in total. The highest BCUT2D eigenvalue weighted by atomic mass is 16.7. The largest absolute Gasteiger partial charge is 0.497 e. The van der Waals surface area contributed by atoms with Crippen molar-refractivity contribution in [1.82, 2.24) is 4.98 Å². The highest BCUT2D eigenvalue weighted by Gasteiger charge is 2.52. The summed E-state index contributed by atoms with van der Waals surface area (Å²) in [5.74, 6) is -1.00. The van der Waals surface area contributed by atoms with Crippen molar-refractivity contribution < 1.29 is 19.2 Å². The lowest BCUT2D eigenvalue weighted by molar-refractivity contribution is 0.00578. The van der Waals surface area contributed by atoms with Crippen LogP contribution in [0.4, 0.5) is 5.82 Å². The number of anilines is 1. The van der Waals surface area contributed by atoms with Crippen LogP contribution in [-0.2, 0) is 9.31 Å². The third kappa shape index (κ3) is 2.31. The Labute approximate surface area is 112 Å². The van der Waals surface area contributed by atoms with Gasteiger partial charge in [-0.15, -0.1) is 0 Å². The van der Waals surface area contributed by atoms with Gasteiger partial charge in [-0.05, 0) is 33.8 Å². The van der Waals surface area contributed by atoms with Crippen LogP contribution < -0.4 is 11.2 Å². The molecule has 1 aliphatic heterocycles. The lowest BCUT2D eigenvalue weighted by Crippen LogP contribution is -2.41. The number of nitrogen functional groups attached to an aromatic ring is 1. The Hall–Kier alpha value is -1.60. The number of carboxylic acids is 1. The van der Waals surface area contributed by atoms with E-state index in [4.69, 9.17) is 15.0 Å². The van der Waals surface area contributed by atoms with Crippen molar-refractivity contribution in [2.24, 2.45) is 0 Å². The van der Waals surface area contributed by atoms with Gasteiger partial charge in [-0.3, -0.25) is 0 Å². The summed E-state index contributed by atoms with van der Waals surface area (Å²) in [6.45, 7) is 7.60. The number of aromatic nitrogens is 1. The predicted molar refractivity (Wildman–Crippen MR) is 71.3 cm³/mol. The molecule has 0 aliphatic carbocycles. The van der Waals surface area contributed by atoms with Crippen LogP contribution in [-0.4, -0.2) is 34.4 Å². The smallest absolute Gasteiger partial charge is 0.477 e. The Balaban J connectivity index is 2.42. The number of carbonyl (C=O) groups is 1. The van der Waals surface area contributed by atoms with Gasteiger partial charge in [0.05, 0.1) is 11.2 Å². The fourth-order valence-electron chi connectivity index (χ4n) is 1.82. The molecule has 1 aliphatic rings. The molecule has 102 valence electrons.